The quantitative estimate of drug-likeness (QED) is 0.211. The summed E-state index contributed by atoms with van der Waals surface area (Å²) in [5, 5.41) is 12.2. The number of thioether (sulfide) groups is 2. The van der Waals surface area contributed by atoms with E-state index in [9.17, 15) is 24.3 Å². The molecule has 0 unspecified atom stereocenters. The largest absolute Gasteiger partial charge is 0.477 e. The van der Waals surface area contributed by atoms with Gasteiger partial charge in [0.2, 0.25) is 5.91 Å². The van der Waals surface area contributed by atoms with Crippen LogP contribution in [0.3, 0.4) is 0 Å². The number of anilines is 1. The molecule has 0 saturated carbocycles. The summed E-state index contributed by atoms with van der Waals surface area (Å²) in [7, 11) is 0. The molecule has 38 heavy (non-hydrogen) atoms. The number of nitrogens with zero attached hydrogens (tertiary/aromatic N) is 2. The van der Waals surface area contributed by atoms with Gasteiger partial charge in [-0.3, -0.25) is 19.3 Å². The van der Waals surface area contributed by atoms with Gasteiger partial charge in [-0.15, -0.1) is 23.5 Å². The van der Waals surface area contributed by atoms with Gasteiger partial charge in [-0.1, -0.05) is 34.1 Å². The first-order valence-electron chi connectivity index (χ1n) is 11.5. The summed E-state index contributed by atoms with van der Waals surface area (Å²) < 4.78 is 0.943. The van der Waals surface area contributed by atoms with Crippen molar-refractivity contribution in [1.29, 1.82) is 0 Å². The van der Waals surface area contributed by atoms with Crippen molar-refractivity contribution in [3.05, 3.63) is 82.0 Å². The molecule has 5 rings (SSSR count). The number of carboxylic acid groups (broad SMARTS) is 1. The van der Waals surface area contributed by atoms with Crippen LogP contribution in [0, 0.1) is 0 Å². The molecule has 2 atom stereocenters. The maximum atomic E-state index is 13.0. The number of nitrogens with one attached hydrogen (secondary N) is 1. The Labute approximate surface area is 258 Å². The molecule has 3 aliphatic rings. The Kier molecular flexibility index (Phi) is 9.49. The number of carbonyl (C=O) groups excluding carboxylic acids is 3. The van der Waals surface area contributed by atoms with Gasteiger partial charge in [-0.25, -0.2) is 4.79 Å². The third kappa shape index (κ3) is 5.93. The number of hydrogen-bond donors (Lipinski definition) is 2. The van der Waals surface area contributed by atoms with Crippen molar-refractivity contribution in [2.75, 3.05) is 23.0 Å². The monoisotopic (exact) mass is 622 g/mol. The van der Waals surface area contributed by atoms with E-state index in [1.165, 1.54) is 28.4 Å². The Bertz CT molecular complexity index is 1340. The molecule has 12 heteroatoms. The van der Waals surface area contributed by atoms with Crippen LogP contribution in [0.1, 0.15) is 6.42 Å². The van der Waals surface area contributed by atoms with Crippen molar-refractivity contribution in [2.24, 2.45) is 0 Å². The molecule has 3 heterocycles. The molecule has 0 aliphatic carbocycles. The van der Waals surface area contributed by atoms with E-state index in [2.05, 4.69) is 21.2 Å². The molecular formula is C26H22BrN3NaO5S2. The number of amides is 3. The molecular weight excluding hydrogens is 601 g/mol. The summed E-state index contributed by atoms with van der Waals surface area (Å²) in [5.41, 5.74) is 1.61. The average Bonchev–Trinajstić information content (AvgIpc) is 3.26. The second kappa shape index (κ2) is 12.4. The molecule has 0 bridgehead atoms. The van der Waals surface area contributed by atoms with Crippen LogP contribution in [0.15, 0.2) is 86.9 Å². The number of carbonyl (C=O) groups is 4. The number of rotatable bonds is 7. The second-order valence-electron chi connectivity index (χ2n) is 8.59. The van der Waals surface area contributed by atoms with Gasteiger partial charge in [0.25, 0.3) is 11.8 Å². The molecule has 3 aliphatic heterocycles. The van der Waals surface area contributed by atoms with Gasteiger partial charge in [0, 0.05) is 62.5 Å². The van der Waals surface area contributed by atoms with Gasteiger partial charge in [0.1, 0.15) is 17.1 Å². The molecule has 8 nitrogen and oxygen atoms in total. The summed E-state index contributed by atoms with van der Waals surface area (Å²) in [4.78, 5) is 54.4. The maximum absolute atomic E-state index is 13.0. The Hall–Kier alpha value is -2.02. The van der Waals surface area contributed by atoms with Crippen LogP contribution in [0.5, 0.6) is 0 Å². The first-order chi connectivity index (χ1) is 17.8. The van der Waals surface area contributed by atoms with Crippen molar-refractivity contribution in [3.63, 3.8) is 0 Å². The Balaban J connectivity index is 0.00000336. The summed E-state index contributed by atoms with van der Waals surface area (Å²) in [6.07, 6.45) is 2.10. The fourth-order valence-electron chi connectivity index (χ4n) is 4.46. The summed E-state index contributed by atoms with van der Waals surface area (Å²) in [6.45, 7) is 0.509. The smallest absolute Gasteiger partial charge is 0.352 e. The topological polar surface area (TPSA) is 107 Å². The fourth-order valence-corrected chi connectivity index (χ4v) is 6.74. The molecule has 3 amide bonds. The minimum atomic E-state index is -1.23. The number of β-lactam (4-membered cyclic amide) rings is 1. The van der Waals surface area contributed by atoms with E-state index >= 15 is 0 Å². The molecule has 2 aromatic rings. The number of carboxylic acids is 1. The summed E-state index contributed by atoms with van der Waals surface area (Å²) in [5.74, 6) is -1.70. The molecule has 0 spiro atoms. The normalized spacial score (nSPS) is 21.7. The molecule has 191 valence electrons. The number of fused-ring (bicyclic) bond motifs is 1. The van der Waals surface area contributed by atoms with Crippen LogP contribution in [0.25, 0.3) is 0 Å². The fraction of sp³-hybridized carbons (Fsp3) is 0.231. The third-order valence-electron chi connectivity index (χ3n) is 6.24. The molecule has 2 saturated heterocycles. The van der Waals surface area contributed by atoms with E-state index in [0.29, 0.717) is 29.9 Å². The molecule has 2 aromatic carbocycles. The Morgan fingerprint density at radius 3 is 2.53 bits per heavy atom. The van der Waals surface area contributed by atoms with Crippen molar-refractivity contribution in [3.8, 4) is 0 Å². The predicted molar refractivity (Wildman–Crippen MR) is 152 cm³/mol. The van der Waals surface area contributed by atoms with E-state index in [0.717, 1.165) is 15.1 Å². The van der Waals surface area contributed by atoms with Crippen LogP contribution >= 0.6 is 39.5 Å². The number of para-hydroxylation sites is 1. The van der Waals surface area contributed by atoms with Crippen LogP contribution in [0.4, 0.5) is 5.69 Å². The van der Waals surface area contributed by atoms with Gasteiger partial charge in [-0.2, -0.15) is 0 Å². The van der Waals surface area contributed by atoms with E-state index in [1.54, 1.807) is 11.0 Å². The van der Waals surface area contributed by atoms with E-state index in [-0.39, 0.29) is 52.8 Å². The first-order valence-corrected chi connectivity index (χ1v) is 14.3. The van der Waals surface area contributed by atoms with E-state index in [1.807, 2.05) is 54.6 Å². The zero-order valence-corrected chi connectivity index (χ0v) is 25.6. The molecule has 2 fully saturated rings. The van der Waals surface area contributed by atoms with Crippen molar-refractivity contribution in [1.82, 2.24) is 10.2 Å². The predicted octanol–water partition coefficient (Wildman–Crippen LogP) is 3.26. The average molecular weight is 624 g/mol. The van der Waals surface area contributed by atoms with Gasteiger partial charge < -0.3 is 15.3 Å². The van der Waals surface area contributed by atoms with Gasteiger partial charge in [0.05, 0.1) is 5.75 Å². The number of allylic oxidation sites excluding steroid dienone is 1. The van der Waals surface area contributed by atoms with Crippen molar-refractivity contribution >= 4 is 98.4 Å². The minimum Gasteiger partial charge on any atom is -0.477 e. The molecule has 0 aromatic heterocycles. The first kappa shape index (κ1) is 29.0. The minimum absolute atomic E-state index is 0. The zero-order valence-electron chi connectivity index (χ0n) is 20.4. The number of halogens is 1. The maximum Gasteiger partial charge on any atom is 0.352 e. The van der Waals surface area contributed by atoms with E-state index in [4.69, 9.17) is 0 Å². The van der Waals surface area contributed by atoms with Crippen LogP contribution in [0.2, 0.25) is 0 Å². The zero-order chi connectivity index (χ0) is 26.1. The molecule has 2 N–H and O–H groups in total. The second-order valence-corrected chi connectivity index (χ2v) is 11.7. The number of aliphatic carboxylic acids is 1. The Morgan fingerprint density at radius 1 is 1.13 bits per heavy atom. The Morgan fingerprint density at radius 2 is 1.84 bits per heavy atom. The number of benzene rings is 2. The van der Waals surface area contributed by atoms with Gasteiger partial charge in [-0.05, 0) is 54.5 Å². The van der Waals surface area contributed by atoms with Gasteiger partial charge in [0.15, 0.2) is 0 Å². The standard InChI is InChI=1S/C26H22BrN3O5S2.Na/c27-17-6-8-19(9-7-17)36-14-20(31)28-21-24(33)30-22(26(34)35)16(13-37-25(21)30)12-15-10-11-29(23(15)32)18-4-2-1-3-5-18;/h1-9,12,21,25H,10-11,13-14H2,(H,28,31)(H,34,35);/t21-,25-;/m1./s1. The van der Waals surface area contributed by atoms with Crippen molar-refractivity contribution < 1.29 is 24.3 Å². The van der Waals surface area contributed by atoms with Crippen LogP contribution in [-0.4, -0.2) is 92.7 Å². The summed E-state index contributed by atoms with van der Waals surface area (Å²) >= 11 is 6.11. The van der Waals surface area contributed by atoms with Crippen LogP contribution in [-0.2, 0) is 19.2 Å². The number of hydrogen-bond acceptors (Lipinski definition) is 6. The van der Waals surface area contributed by atoms with Gasteiger partial charge >= 0.3 is 5.97 Å². The van der Waals surface area contributed by atoms with Crippen molar-refractivity contribution in [2.45, 2.75) is 22.7 Å². The molecule has 1 radical (unpaired) electrons. The summed E-state index contributed by atoms with van der Waals surface area (Å²) in [6, 6.07) is 16.1. The SMILES string of the molecule is O=C(CSc1ccc(Br)cc1)N[C@@H]1C(=O)N2C(C(=O)O)=C(C=C3CCN(c4ccccc4)C3=O)CS[C@H]12.[Na]. The van der Waals surface area contributed by atoms with E-state index < -0.39 is 23.3 Å². The van der Waals surface area contributed by atoms with Crippen LogP contribution < -0.4 is 10.2 Å². The third-order valence-corrected chi connectivity index (χ3v) is 9.08.